The summed E-state index contributed by atoms with van der Waals surface area (Å²) in [5.74, 6) is 0.701. The molecule has 0 saturated carbocycles. The van der Waals surface area contributed by atoms with Crippen molar-refractivity contribution in [2.45, 2.75) is 6.92 Å². The molecular formula is C13H11ClN4. The van der Waals surface area contributed by atoms with Gasteiger partial charge in [-0.15, -0.1) is 0 Å². The first kappa shape index (κ1) is 11.0. The molecule has 0 bridgehead atoms. The van der Waals surface area contributed by atoms with Crippen LogP contribution < -0.4 is 5.32 Å². The fourth-order valence-electron chi connectivity index (χ4n) is 1.89. The average molecular weight is 259 g/mol. The maximum absolute atomic E-state index is 6.02. The number of pyridine rings is 1. The summed E-state index contributed by atoms with van der Waals surface area (Å²) in [6, 6.07) is 9.58. The van der Waals surface area contributed by atoms with Crippen LogP contribution in [0.15, 0.2) is 36.5 Å². The number of aromatic amines is 1. The number of nitrogens with zero attached hydrogens (tertiary/aromatic N) is 2. The van der Waals surface area contributed by atoms with Gasteiger partial charge in [0.2, 0.25) is 0 Å². The standard InChI is InChI=1S/C13H11ClN4/c1-8-5-9(14)7-10(6-8)16-13-12-11(17-18-13)3-2-4-15-12/h2-7H,1H3,(H2,16,17,18). The highest BCUT2D eigenvalue weighted by atomic mass is 35.5. The van der Waals surface area contributed by atoms with E-state index in [2.05, 4.69) is 20.5 Å². The molecular weight excluding hydrogens is 248 g/mol. The second-order valence-corrected chi connectivity index (χ2v) is 4.55. The third-order valence-electron chi connectivity index (χ3n) is 2.63. The Morgan fingerprint density at radius 1 is 1.28 bits per heavy atom. The third-order valence-corrected chi connectivity index (χ3v) is 2.84. The molecule has 0 atom stereocenters. The van der Waals surface area contributed by atoms with Crippen LogP contribution >= 0.6 is 11.6 Å². The van der Waals surface area contributed by atoms with Crippen LogP contribution in [-0.2, 0) is 0 Å². The number of H-pyrrole nitrogens is 1. The Labute approximate surface area is 109 Å². The monoisotopic (exact) mass is 258 g/mol. The topological polar surface area (TPSA) is 53.6 Å². The van der Waals surface area contributed by atoms with Gasteiger partial charge >= 0.3 is 0 Å². The van der Waals surface area contributed by atoms with Crippen LogP contribution in [0.25, 0.3) is 11.0 Å². The molecule has 0 radical (unpaired) electrons. The molecule has 3 rings (SSSR count). The Hall–Kier alpha value is -2.07. The highest BCUT2D eigenvalue weighted by molar-refractivity contribution is 6.31. The lowest BCUT2D eigenvalue weighted by molar-refractivity contribution is 1.12. The maximum Gasteiger partial charge on any atom is 0.178 e. The largest absolute Gasteiger partial charge is 0.337 e. The molecule has 1 aromatic carbocycles. The highest BCUT2D eigenvalue weighted by Gasteiger charge is 2.06. The number of hydrogen-bond acceptors (Lipinski definition) is 3. The zero-order valence-electron chi connectivity index (χ0n) is 9.74. The second kappa shape index (κ2) is 4.31. The molecule has 0 amide bonds. The van der Waals surface area contributed by atoms with Gasteiger partial charge < -0.3 is 5.32 Å². The van der Waals surface area contributed by atoms with Crippen LogP contribution in [0.3, 0.4) is 0 Å². The van der Waals surface area contributed by atoms with E-state index in [0.29, 0.717) is 10.8 Å². The SMILES string of the molecule is Cc1cc(Cl)cc(Nc2n[nH]c3cccnc23)c1. The molecule has 0 fully saturated rings. The lowest BCUT2D eigenvalue weighted by atomic mass is 10.2. The molecule has 5 heteroatoms. The van der Waals surface area contributed by atoms with Crippen molar-refractivity contribution in [1.82, 2.24) is 15.2 Å². The van der Waals surface area contributed by atoms with Crippen molar-refractivity contribution in [2.75, 3.05) is 5.32 Å². The van der Waals surface area contributed by atoms with Crippen LogP contribution in [-0.4, -0.2) is 15.2 Å². The van der Waals surface area contributed by atoms with E-state index in [9.17, 15) is 0 Å². The molecule has 2 aromatic heterocycles. The molecule has 0 saturated heterocycles. The normalized spacial score (nSPS) is 10.8. The fraction of sp³-hybridized carbons (Fsp3) is 0.0769. The van der Waals surface area contributed by atoms with Crippen molar-refractivity contribution in [3.63, 3.8) is 0 Å². The van der Waals surface area contributed by atoms with E-state index in [1.807, 2.05) is 37.3 Å². The number of hydrogen-bond donors (Lipinski definition) is 2. The summed E-state index contributed by atoms with van der Waals surface area (Å²) >= 11 is 6.02. The number of halogens is 1. The molecule has 90 valence electrons. The minimum Gasteiger partial charge on any atom is -0.337 e. The molecule has 2 N–H and O–H groups in total. The van der Waals surface area contributed by atoms with Gasteiger partial charge in [0, 0.05) is 16.9 Å². The first-order valence-corrected chi connectivity index (χ1v) is 5.93. The number of rotatable bonds is 2. The van der Waals surface area contributed by atoms with Gasteiger partial charge in [0.15, 0.2) is 5.82 Å². The van der Waals surface area contributed by atoms with E-state index in [-0.39, 0.29) is 0 Å². The lowest BCUT2D eigenvalue weighted by Gasteiger charge is -2.05. The summed E-state index contributed by atoms with van der Waals surface area (Å²) in [6.07, 6.45) is 1.74. The van der Waals surface area contributed by atoms with Crippen molar-refractivity contribution < 1.29 is 0 Å². The number of anilines is 2. The van der Waals surface area contributed by atoms with E-state index in [0.717, 1.165) is 22.3 Å². The second-order valence-electron chi connectivity index (χ2n) is 4.11. The summed E-state index contributed by atoms with van der Waals surface area (Å²) in [5.41, 5.74) is 3.71. The van der Waals surface area contributed by atoms with Gasteiger partial charge in [-0.05, 0) is 42.8 Å². The molecule has 0 unspecified atom stereocenters. The molecule has 0 spiro atoms. The van der Waals surface area contributed by atoms with E-state index >= 15 is 0 Å². The van der Waals surface area contributed by atoms with Crippen molar-refractivity contribution in [1.29, 1.82) is 0 Å². The van der Waals surface area contributed by atoms with Gasteiger partial charge in [-0.25, -0.2) is 0 Å². The van der Waals surface area contributed by atoms with Crippen LogP contribution in [0.4, 0.5) is 11.5 Å². The maximum atomic E-state index is 6.02. The van der Waals surface area contributed by atoms with Gasteiger partial charge in [-0.2, -0.15) is 5.10 Å². The number of aromatic nitrogens is 3. The Bertz CT molecular complexity index is 685. The van der Waals surface area contributed by atoms with Crippen molar-refractivity contribution in [3.8, 4) is 0 Å². The van der Waals surface area contributed by atoms with Crippen LogP contribution in [0.1, 0.15) is 5.56 Å². The molecule has 3 aromatic rings. The van der Waals surface area contributed by atoms with Gasteiger partial charge in [-0.3, -0.25) is 10.1 Å². The van der Waals surface area contributed by atoms with E-state index < -0.39 is 0 Å². The number of fused-ring (bicyclic) bond motifs is 1. The summed E-state index contributed by atoms with van der Waals surface area (Å²) in [6.45, 7) is 2.00. The summed E-state index contributed by atoms with van der Waals surface area (Å²) in [5, 5.41) is 11.1. The Morgan fingerprint density at radius 3 is 3.00 bits per heavy atom. The van der Waals surface area contributed by atoms with Crippen molar-refractivity contribution in [2.24, 2.45) is 0 Å². The molecule has 0 aliphatic carbocycles. The lowest BCUT2D eigenvalue weighted by Crippen LogP contribution is -1.92. The average Bonchev–Trinajstić information content (AvgIpc) is 2.72. The summed E-state index contributed by atoms with van der Waals surface area (Å²) < 4.78 is 0. The smallest absolute Gasteiger partial charge is 0.178 e. The Balaban J connectivity index is 2.01. The Morgan fingerprint density at radius 2 is 2.17 bits per heavy atom. The number of nitrogens with one attached hydrogen (secondary N) is 2. The summed E-state index contributed by atoms with van der Waals surface area (Å²) in [4.78, 5) is 4.29. The zero-order valence-corrected chi connectivity index (χ0v) is 10.5. The Kier molecular flexibility index (Phi) is 2.64. The fourth-order valence-corrected chi connectivity index (χ4v) is 2.18. The van der Waals surface area contributed by atoms with E-state index in [1.54, 1.807) is 6.20 Å². The van der Waals surface area contributed by atoms with Crippen LogP contribution in [0.2, 0.25) is 5.02 Å². The van der Waals surface area contributed by atoms with E-state index in [1.165, 1.54) is 0 Å². The quantitative estimate of drug-likeness (QED) is 0.737. The molecule has 0 aliphatic rings. The van der Waals surface area contributed by atoms with Crippen LogP contribution in [0.5, 0.6) is 0 Å². The van der Waals surface area contributed by atoms with Gasteiger partial charge in [0.05, 0.1) is 5.52 Å². The predicted octanol–water partition coefficient (Wildman–Crippen LogP) is 3.66. The van der Waals surface area contributed by atoms with Crippen molar-refractivity contribution in [3.05, 3.63) is 47.1 Å². The minimum atomic E-state index is 0.699. The predicted molar refractivity (Wildman–Crippen MR) is 73.4 cm³/mol. The number of benzene rings is 1. The number of aryl methyl sites for hydroxylation is 1. The minimum absolute atomic E-state index is 0.699. The van der Waals surface area contributed by atoms with Crippen LogP contribution in [0, 0.1) is 6.92 Å². The first-order valence-electron chi connectivity index (χ1n) is 5.56. The molecule has 4 nitrogen and oxygen atoms in total. The van der Waals surface area contributed by atoms with Gasteiger partial charge in [-0.1, -0.05) is 11.6 Å². The summed E-state index contributed by atoms with van der Waals surface area (Å²) in [7, 11) is 0. The molecule has 0 aliphatic heterocycles. The van der Waals surface area contributed by atoms with Crippen molar-refractivity contribution >= 4 is 34.1 Å². The van der Waals surface area contributed by atoms with Gasteiger partial charge in [0.25, 0.3) is 0 Å². The van der Waals surface area contributed by atoms with E-state index in [4.69, 9.17) is 11.6 Å². The molecule has 2 heterocycles. The molecule has 18 heavy (non-hydrogen) atoms. The third kappa shape index (κ3) is 2.02. The highest BCUT2D eigenvalue weighted by Crippen LogP contribution is 2.24. The first-order chi connectivity index (χ1) is 8.72. The zero-order chi connectivity index (χ0) is 12.5. The van der Waals surface area contributed by atoms with Gasteiger partial charge in [0.1, 0.15) is 5.52 Å².